The zero-order chi connectivity index (χ0) is 15.6. The van der Waals surface area contributed by atoms with Gasteiger partial charge in [-0.2, -0.15) is 0 Å². The summed E-state index contributed by atoms with van der Waals surface area (Å²) in [6.07, 6.45) is 21.1. The number of nitrogens with zero attached hydrogens (tertiary/aromatic N) is 1. The van der Waals surface area contributed by atoms with E-state index in [1.807, 2.05) is 0 Å². The van der Waals surface area contributed by atoms with Crippen molar-refractivity contribution in [1.29, 1.82) is 0 Å². The molecular formula is C19H37NO. The normalized spacial score (nSPS) is 12.1. The highest BCUT2D eigenvalue weighted by Crippen LogP contribution is 2.16. The largest absolute Gasteiger partial charge is 0.235 e. The monoisotopic (exact) mass is 295 g/mol. The lowest BCUT2D eigenvalue weighted by atomic mass is 10.0. The van der Waals surface area contributed by atoms with Gasteiger partial charge < -0.3 is 0 Å². The molecule has 124 valence electrons. The molecular weight excluding hydrogens is 258 g/mol. The Hall–Kier alpha value is -0.620. The minimum Gasteiger partial charge on any atom is -0.211 e. The molecule has 2 heteroatoms. The Labute approximate surface area is 132 Å². The first-order chi connectivity index (χ1) is 10.3. The van der Waals surface area contributed by atoms with Crippen molar-refractivity contribution >= 4 is 6.08 Å². The van der Waals surface area contributed by atoms with E-state index in [9.17, 15) is 4.79 Å². The molecule has 0 aliphatic carbocycles. The van der Waals surface area contributed by atoms with Gasteiger partial charge in [0.1, 0.15) is 0 Å². The molecule has 0 bridgehead atoms. The lowest BCUT2D eigenvalue weighted by Crippen LogP contribution is -2.04. The van der Waals surface area contributed by atoms with E-state index in [4.69, 9.17) is 0 Å². The van der Waals surface area contributed by atoms with Gasteiger partial charge in [-0.15, -0.1) is 0 Å². The zero-order valence-electron chi connectivity index (χ0n) is 14.5. The molecule has 0 spiro atoms. The second kappa shape index (κ2) is 17.4. The minimum absolute atomic E-state index is 0.240. The van der Waals surface area contributed by atoms with Crippen LogP contribution in [0, 0.1) is 0 Å². The summed E-state index contributed by atoms with van der Waals surface area (Å²) in [7, 11) is 0. The summed E-state index contributed by atoms with van der Waals surface area (Å²) < 4.78 is 0. The molecule has 0 fully saturated rings. The standard InChI is InChI=1S/C19H37NO/c1-3-5-7-9-10-11-12-13-15-17-19(20-18-21)16-14-8-6-4-2/h19H,3-17H2,1-2H3. The maximum Gasteiger partial charge on any atom is 0.235 e. The van der Waals surface area contributed by atoms with Crippen LogP contribution in [0.4, 0.5) is 0 Å². The highest BCUT2D eigenvalue weighted by Gasteiger charge is 2.06. The van der Waals surface area contributed by atoms with Gasteiger partial charge in [0.15, 0.2) is 0 Å². The molecule has 21 heavy (non-hydrogen) atoms. The van der Waals surface area contributed by atoms with Crippen molar-refractivity contribution in [3.8, 4) is 0 Å². The molecule has 0 heterocycles. The molecule has 0 aromatic rings. The lowest BCUT2D eigenvalue weighted by Gasteiger charge is -2.10. The van der Waals surface area contributed by atoms with Crippen molar-refractivity contribution in [3.63, 3.8) is 0 Å². The van der Waals surface area contributed by atoms with Crippen LogP contribution in [0.25, 0.3) is 0 Å². The van der Waals surface area contributed by atoms with Crippen LogP contribution in [0.2, 0.25) is 0 Å². The van der Waals surface area contributed by atoms with Crippen LogP contribution in [0.5, 0.6) is 0 Å². The van der Waals surface area contributed by atoms with E-state index in [1.165, 1.54) is 83.5 Å². The van der Waals surface area contributed by atoms with Crippen molar-refractivity contribution in [2.24, 2.45) is 4.99 Å². The molecule has 0 N–H and O–H groups in total. The van der Waals surface area contributed by atoms with Gasteiger partial charge in [0.05, 0.1) is 6.04 Å². The Morgan fingerprint density at radius 1 is 0.667 bits per heavy atom. The summed E-state index contributed by atoms with van der Waals surface area (Å²) >= 11 is 0. The summed E-state index contributed by atoms with van der Waals surface area (Å²) in [5.74, 6) is 0. The molecule has 0 aromatic heterocycles. The second-order valence-corrected chi connectivity index (χ2v) is 6.34. The number of hydrogen-bond donors (Lipinski definition) is 0. The quantitative estimate of drug-likeness (QED) is 0.179. The van der Waals surface area contributed by atoms with E-state index < -0.39 is 0 Å². The average molecular weight is 296 g/mol. The van der Waals surface area contributed by atoms with Gasteiger partial charge >= 0.3 is 0 Å². The van der Waals surface area contributed by atoms with E-state index in [2.05, 4.69) is 18.8 Å². The molecule has 0 aromatic carbocycles. The van der Waals surface area contributed by atoms with Crippen LogP contribution in [-0.4, -0.2) is 12.1 Å². The fourth-order valence-corrected chi connectivity index (χ4v) is 2.85. The molecule has 0 radical (unpaired) electrons. The Kier molecular flexibility index (Phi) is 16.9. The van der Waals surface area contributed by atoms with E-state index in [-0.39, 0.29) is 6.04 Å². The molecule has 0 aliphatic rings. The molecule has 0 amide bonds. The van der Waals surface area contributed by atoms with Crippen molar-refractivity contribution < 1.29 is 4.79 Å². The average Bonchev–Trinajstić information content (AvgIpc) is 2.49. The topological polar surface area (TPSA) is 29.4 Å². The molecule has 0 saturated heterocycles. The zero-order valence-corrected chi connectivity index (χ0v) is 14.5. The molecule has 0 saturated carbocycles. The van der Waals surface area contributed by atoms with Crippen LogP contribution in [0.1, 0.15) is 110 Å². The molecule has 0 rings (SSSR count). The molecule has 2 nitrogen and oxygen atoms in total. The lowest BCUT2D eigenvalue weighted by molar-refractivity contribution is 0.481. The smallest absolute Gasteiger partial charge is 0.211 e. The predicted octanol–water partition coefficient (Wildman–Crippen LogP) is 6.58. The van der Waals surface area contributed by atoms with Crippen LogP contribution in [0.15, 0.2) is 4.99 Å². The number of aliphatic imine (C=N–C) groups is 1. The number of rotatable bonds is 16. The molecule has 0 aliphatic heterocycles. The van der Waals surface area contributed by atoms with Crippen LogP contribution >= 0.6 is 0 Å². The first-order valence-corrected chi connectivity index (χ1v) is 9.42. The van der Waals surface area contributed by atoms with E-state index in [1.54, 1.807) is 6.08 Å². The van der Waals surface area contributed by atoms with Crippen molar-refractivity contribution in [3.05, 3.63) is 0 Å². The highest BCUT2D eigenvalue weighted by atomic mass is 16.1. The minimum atomic E-state index is 0.240. The van der Waals surface area contributed by atoms with Crippen molar-refractivity contribution in [1.82, 2.24) is 0 Å². The summed E-state index contributed by atoms with van der Waals surface area (Å²) in [5.41, 5.74) is 0. The molecule has 1 unspecified atom stereocenters. The van der Waals surface area contributed by atoms with Gasteiger partial charge in [0.25, 0.3) is 0 Å². The van der Waals surface area contributed by atoms with Crippen molar-refractivity contribution in [2.45, 2.75) is 116 Å². The first-order valence-electron chi connectivity index (χ1n) is 9.42. The van der Waals surface area contributed by atoms with Gasteiger partial charge in [-0.3, -0.25) is 0 Å². The summed E-state index contributed by atoms with van der Waals surface area (Å²) in [5, 5.41) is 0. The maximum absolute atomic E-state index is 10.5. The fourth-order valence-electron chi connectivity index (χ4n) is 2.85. The highest BCUT2D eigenvalue weighted by molar-refractivity contribution is 5.33. The third-order valence-electron chi connectivity index (χ3n) is 4.27. The first kappa shape index (κ1) is 20.4. The maximum atomic E-state index is 10.5. The SMILES string of the molecule is CCCCCCCCCCCC(CCCCCC)N=C=O. The third-order valence-corrected chi connectivity index (χ3v) is 4.27. The summed E-state index contributed by atoms with van der Waals surface area (Å²) in [4.78, 5) is 14.5. The van der Waals surface area contributed by atoms with E-state index in [0.29, 0.717) is 0 Å². The van der Waals surface area contributed by atoms with E-state index >= 15 is 0 Å². The van der Waals surface area contributed by atoms with Crippen LogP contribution in [-0.2, 0) is 4.79 Å². The Morgan fingerprint density at radius 2 is 1.05 bits per heavy atom. The Balaban J connectivity index is 3.45. The predicted molar refractivity (Wildman–Crippen MR) is 92.5 cm³/mol. The second-order valence-electron chi connectivity index (χ2n) is 6.34. The van der Waals surface area contributed by atoms with Gasteiger partial charge in [-0.25, -0.2) is 9.79 Å². The Morgan fingerprint density at radius 3 is 1.48 bits per heavy atom. The third kappa shape index (κ3) is 15.6. The number of isocyanates is 1. The summed E-state index contributed by atoms with van der Waals surface area (Å²) in [6, 6.07) is 0.240. The Bertz CT molecular complexity index is 246. The van der Waals surface area contributed by atoms with Crippen molar-refractivity contribution in [2.75, 3.05) is 0 Å². The van der Waals surface area contributed by atoms with Gasteiger partial charge in [-0.1, -0.05) is 97.3 Å². The number of unbranched alkanes of at least 4 members (excludes halogenated alkanes) is 11. The fraction of sp³-hybridized carbons (Fsp3) is 0.947. The van der Waals surface area contributed by atoms with Crippen LogP contribution < -0.4 is 0 Å². The van der Waals surface area contributed by atoms with Gasteiger partial charge in [-0.05, 0) is 12.8 Å². The van der Waals surface area contributed by atoms with E-state index in [0.717, 1.165) is 12.8 Å². The summed E-state index contributed by atoms with van der Waals surface area (Å²) in [6.45, 7) is 4.49. The van der Waals surface area contributed by atoms with Gasteiger partial charge in [0.2, 0.25) is 6.08 Å². The number of hydrogen-bond acceptors (Lipinski definition) is 2. The van der Waals surface area contributed by atoms with Crippen LogP contribution in [0.3, 0.4) is 0 Å². The van der Waals surface area contributed by atoms with Gasteiger partial charge in [0, 0.05) is 0 Å². The number of carbonyl (C=O) groups excluding carboxylic acids is 1. The molecule has 1 atom stereocenters.